The molecule has 0 aliphatic heterocycles. The summed E-state index contributed by atoms with van der Waals surface area (Å²) in [5.41, 5.74) is 8.20. The van der Waals surface area contributed by atoms with Crippen LogP contribution in [0.5, 0.6) is 5.75 Å². The molecule has 3 rings (SSSR count). The molecule has 1 unspecified atom stereocenters. The van der Waals surface area contributed by atoms with Gasteiger partial charge in [-0.1, -0.05) is 24.3 Å². The molecular weight excluding hydrogens is 267 g/mol. The molecular formula is C17H15FN2O. The normalized spacial score (nSPS) is 12.3. The third-order valence-electron chi connectivity index (χ3n) is 3.51. The van der Waals surface area contributed by atoms with Crippen molar-refractivity contribution >= 4 is 10.9 Å². The molecule has 0 amide bonds. The first kappa shape index (κ1) is 13.5. The van der Waals surface area contributed by atoms with Gasteiger partial charge in [0.2, 0.25) is 0 Å². The van der Waals surface area contributed by atoms with E-state index in [1.54, 1.807) is 18.3 Å². The van der Waals surface area contributed by atoms with Crippen molar-refractivity contribution in [3.8, 4) is 5.75 Å². The molecule has 0 bridgehead atoms. The number of aromatic nitrogens is 1. The van der Waals surface area contributed by atoms with Gasteiger partial charge < -0.3 is 10.5 Å². The lowest BCUT2D eigenvalue weighted by Crippen LogP contribution is -2.15. The molecule has 1 atom stereocenters. The van der Waals surface area contributed by atoms with E-state index in [1.165, 1.54) is 13.2 Å². The van der Waals surface area contributed by atoms with Crippen molar-refractivity contribution in [2.24, 2.45) is 5.73 Å². The maximum absolute atomic E-state index is 14.1. The van der Waals surface area contributed by atoms with Gasteiger partial charge >= 0.3 is 0 Å². The van der Waals surface area contributed by atoms with Crippen molar-refractivity contribution < 1.29 is 9.13 Å². The number of methoxy groups -OCH3 is 1. The molecule has 106 valence electrons. The van der Waals surface area contributed by atoms with E-state index < -0.39 is 6.04 Å². The quantitative estimate of drug-likeness (QED) is 0.800. The monoisotopic (exact) mass is 282 g/mol. The largest absolute Gasteiger partial charge is 0.496 e. The van der Waals surface area contributed by atoms with Crippen LogP contribution in [0, 0.1) is 5.82 Å². The molecule has 0 saturated heterocycles. The van der Waals surface area contributed by atoms with Gasteiger partial charge in [0.05, 0.1) is 24.2 Å². The van der Waals surface area contributed by atoms with E-state index in [1.807, 2.05) is 30.3 Å². The Morgan fingerprint density at radius 3 is 2.76 bits per heavy atom. The Kier molecular flexibility index (Phi) is 3.54. The average Bonchev–Trinajstić information content (AvgIpc) is 2.53. The fourth-order valence-electron chi connectivity index (χ4n) is 2.42. The molecule has 2 N–H and O–H groups in total. The number of hydrogen-bond donors (Lipinski definition) is 1. The molecule has 3 aromatic rings. The van der Waals surface area contributed by atoms with Crippen molar-refractivity contribution in [2.75, 3.05) is 7.11 Å². The molecule has 0 radical (unpaired) electrons. The Bertz CT molecular complexity index is 789. The third kappa shape index (κ3) is 2.45. The minimum absolute atomic E-state index is 0.345. The van der Waals surface area contributed by atoms with Crippen molar-refractivity contribution in [1.29, 1.82) is 0 Å². The second-order valence-electron chi connectivity index (χ2n) is 4.79. The molecule has 1 heterocycles. The minimum Gasteiger partial charge on any atom is -0.496 e. The molecule has 0 saturated carbocycles. The highest BCUT2D eigenvalue weighted by Crippen LogP contribution is 2.31. The zero-order valence-corrected chi connectivity index (χ0v) is 11.6. The van der Waals surface area contributed by atoms with Crippen LogP contribution in [0.3, 0.4) is 0 Å². The fraction of sp³-hybridized carbons (Fsp3) is 0.118. The number of para-hydroxylation sites is 1. The summed E-state index contributed by atoms with van der Waals surface area (Å²) in [6.07, 6.45) is 1.68. The van der Waals surface area contributed by atoms with Crippen molar-refractivity contribution in [1.82, 2.24) is 4.98 Å². The number of halogens is 1. The van der Waals surface area contributed by atoms with Crippen LogP contribution in [0.1, 0.15) is 17.2 Å². The summed E-state index contributed by atoms with van der Waals surface area (Å²) >= 11 is 0. The first-order valence-electron chi connectivity index (χ1n) is 6.63. The molecule has 4 heteroatoms. The average molecular weight is 282 g/mol. The van der Waals surface area contributed by atoms with E-state index in [4.69, 9.17) is 10.5 Å². The third-order valence-corrected chi connectivity index (χ3v) is 3.51. The van der Waals surface area contributed by atoms with Crippen LogP contribution in [0.2, 0.25) is 0 Å². The van der Waals surface area contributed by atoms with Crippen LogP contribution in [0.15, 0.2) is 54.7 Å². The van der Waals surface area contributed by atoms with Crippen LogP contribution in [-0.4, -0.2) is 12.1 Å². The van der Waals surface area contributed by atoms with E-state index in [2.05, 4.69) is 4.98 Å². The summed E-state index contributed by atoms with van der Waals surface area (Å²) in [7, 11) is 1.50. The highest BCUT2D eigenvalue weighted by molar-refractivity contribution is 5.79. The Morgan fingerprint density at radius 1 is 1.14 bits per heavy atom. The number of rotatable bonds is 3. The topological polar surface area (TPSA) is 48.1 Å². The highest BCUT2D eigenvalue weighted by atomic mass is 19.1. The van der Waals surface area contributed by atoms with Crippen molar-refractivity contribution in [3.63, 3.8) is 0 Å². The number of ether oxygens (including phenoxy) is 1. The predicted octanol–water partition coefficient (Wildman–Crippen LogP) is 3.43. The molecule has 0 fully saturated rings. The van der Waals surface area contributed by atoms with Crippen molar-refractivity contribution in [3.05, 3.63) is 71.7 Å². The predicted molar refractivity (Wildman–Crippen MR) is 80.7 cm³/mol. The maximum Gasteiger partial charge on any atom is 0.132 e. The van der Waals surface area contributed by atoms with Gasteiger partial charge in [-0.3, -0.25) is 4.98 Å². The van der Waals surface area contributed by atoms with Gasteiger partial charge in [-0.25, -0.2) is 4.39 Å². The van der Waals surface area contributed by atoms with E-state index in [-0.39, 0.29) is 5.82 Å². The zero-order valence-electron chi connectivity index (χ0n) is 11.6. The molecule has 21 heavy (non-hydrogen) atoms. The minimum atomic E-state index is -0.627. The molecule has 2 aromatic carbocycles. The number of nitrogens with zero attached hydrogens (tertiary/aromatic N) is 1. The number of nitrogens with two attached hydrogens (primary N) is 1. The molecule has 1 aromatic heterocycles. The Hall–Kier alpha value is -2.46. The van der Waals surface area contributed by atoms with Crippen LogP contribution in [0.25, 0.3) is 10.9 Å². The van der Waals surface area contributed by atoms with Crippen LogP contribution in [-0.2, 0) is 0 Å². The van der Waals surface area contributed by atoms with E-state index in [0.717, 1.165) is 16.5 Å². The number of benzene rings is 2. The Morgan fingerprint density at radius 2 is 1.95 bits per heavy atom. The summed E-state index contributed by atoms with van der Waals surface area (Å²) in [6.45, 7) is 0. The summed E-state index contributed by atoms with van der Waals surface area (Å²) in [5.74, 6) is 0.0608. The maximum atomic E-state index is 14.1. The molecule has 0 spiro atoms. The standard InChI is InChI=1S/C17H15FN2O/c1-21-15-8-4-6-13(18)16(15)17(19)12-9-11-5-2-3-7-14(11)20-10-12/h2-10,17H,19H2,1H3. The number of pyridine rings is 1. The van der Waals surface area contributed by atoms with E-state index in [9.17, 15) is 4.39 Å². The van der Waals surface area contributed by atoms with Crippen LogP contribution in [0.4, 0.5) is 4.39 Å². The first-order chi connectivity index (χ1) is 10.2. The lowest BCUT2D eigenvalue weighted by atomic mass is 9.98. The fourth-order valence-corrected chi connectivity index (χ4v) is 2.42. The van der Waals surface area contributed by atoms with E-state index >= 15 is 0 Å². The SMILES string of the molecule is COc1cccc(F)c1C(N)c1cnc2ccccc2c1. The summed E-state index contributed by atoms with van der Waals surface area (Å²) < 4.78 is 19.3. The zero-order chi connectivity index (χ0) is 14.8. The van der Waals surface area contributed by atoms with Gasteiger partial charge in [0.1, 0.15) is 11.6 Å². The second kappa shape index (κ2) is 5.50. The highest BCUT2D eigenvalue weighted by Gasteiger charge is 2.19. The lowest BCUT2D eigenvalue weighted by molar-refractivity contribution is 0.402. The number of fused-ring (bicyclic) bond motifs is 1. The summed E-state index contributed by atoms with van der Waals surface area (Å²) in [4.78, 5) is 4.37. The lowest BCUT2D eigenvalue weighted by Gasteiger charge is -2.17. The summed E-state index contributed by atoms with van der Waals surface area (Å²) in [6, 6.07) is 13.7. The first-order valence-corrected chi connectivity index (χ1v) is 6.63. The summed E-state index contributed by atoms with van der Waals surface area (Å²) in [5, 5.41) is 0.973. The van der Waals surface area contributed by atoms with Gasteiger partial charge in [-0.2, -0.15) is 0 Å². The van der Waals surface area contributed by atoms with Gasteiger partial charge in [0.15, 0.2) is 0 Å². The molecule has 0 aliphatic rings. The van der Waals surface area contributed by atoms with Crippen molar-refractivity contribution in [2.45, 2.75) is 6.04 Å². The van der Waals surface area contributed by atoms with Crippen LogP contribution >= 0.6 is 0 Å². The Labute approximate surface area is 122 Å². The molecule has 0 aliphatic carbocycles. The van der Waals surface area contributed by atoms with Gasteiger partial charge in [-0.15, -0.1) is 0 Å². The van der Waals surface area contributed by atoms with Crippen LogP contribution < -0.4 is 10.5 Å². The van der Waals surface area contributed by atoms with Gasteiger partial charge in [-0.05, 0) is 29.8 Å². The Balaban J connectivity index is 2.10. The molecule has 3 nitrogen and oxygen atoms in total. The smallest absolute Gasteiger partial charge is 0.132 e. The van der Waals surface area contributed by atoms with E-state index in [0.29, 0.717) is 11.3 Å². The second-order valence-corrected chi connectivity index (χ2v) is 4.79. The van der Waals surface area contributed by atoms with Gasteiger partial charge in [0.25, 0.3) is 0 Å². The number of hydrogen-bond acceptors (Lipinski definition) is 3. The van der Waals surface area contributed by atoms with Gasteiger partial charge in [0, 0.05) is 11.6 Å².